The summed E-state index contributed by atoms with van der Waals surface area (Å²) in [6, 6.07) is 20.7. The molecule has 0 aliphatic rings. The van der Waals surface area contributed by atoms with Gasteiger partial charge in [-0.05, 0) is 55.8 Å². The number of hydrogen-bond acceptors (Lipinski definition) is 4. The molecule has 1 N–H and O–H groups in total. The quantitative estimate of drug-likeness (QED) is 0.442. The minimum absolute atomic E-state index is 0.591. The maximum Gasteiger partial charge on any atom is 0.138 e. The van der Waals surface area contributed by atoms with Crippen molar-refractivity contribution < 1.29 is 0 Å². The predicted molar refractivity (Wildman–Crippen MR) is 124 cm³/mol. The molecular formula is C25H24N6. The van der Waals surface area contributed by atoms with E-state index in [1.807, 2.05) is 43.0 Å². The second-order valence-electron chi connectivity index (χ2n) is 7.81. The third-order valence-corrected chi connectivity index (χ3v) is 5.41. The molecule has 6 nitrogen and oxygen atoms in total. The molecule has 0 unspecified atom stereocenters. The number of nitrogens with one attached hydrogen (secondary N) is 1. The lowest BCUT2D eigenvalue weighted by molar-refractivity contribution is 0.797. The average Bonchev–Trinajstić information content (AvgIpc) is 3.36. The molecular weight excluding hydrogens is 384 g/mol. The zero-order valence-corrected chi connectivity index (χ0v) is 17.9. The average molecular weight is 409 g/mol. The first-order valence-corrected chi connectivity index (χ1v) is 10.3. The van der Waals surface area contributed by atoms with Crippen LogP contribution in [0.4, 0.5) is 5.69 Å². The van der Waals surface area contributed by atoms with Crippen LogP contribution in [0.5, 0.6) is 0 Å². The highest BCUT2D eigenvalue weighted by Gasteiger charge is 2.13. The Hall–Kier alpha value is -3.93. The van der Waals surface area contributed by atoms with Gasteiger partial charge in [-0.25, -0.2) is 9.97 Å². The van der Waals surface area contributed by atoms with E-state index in [2.05, 4.69) is 70.6 Å². The summed E-state index contributed by atoms with van der Waals surface area (Å²) in [5.74, 6) is 1.77. The van der Waals surface area contributed by atoms with Gasteiger partial charge in [-0.3, -0.25) is 9.25 Å². The number of aromatic nitrogens is 5. The summed E-state index contributed by atoms with van der Waals surface area (Å²) < 4.78 is 3.95. The number of nitrogens with zero attached hydrogens (tertiary/aromatic N) is 5. The summed E-state index contributed by atoms with van der Waals surface area (Å²) in [5.41, 5.74) is 6.34. The SMILES string of the molecule is Cc1cccc(NCc2nc(-c3ccc4c(cnn4C)c3)cn2-c2cccc(C)n2)c1. The first kappa shape index (κ1) is 19.1. The van der Waals surface area contributed by atoms with Crippen LogP contribution in [0.1, 0.15) is 17.1 Å². The summed E-state index contributed by atoms with van der Waals surface area (Å²) in [6.45, 7) is 4.69. The normalized spacial score (nSPS) is 11.2. The van der Waals surface area contributed by atoms with Gasteiger partial charge in [0.1, 0.15) is 11.6 Å². The molecule has 0 amide bonds. The summed E-state index contributed by atoms with van der Waals surface area (Å²) >= 11 is 0. The highest BCUT2D eigenvalue weighted by Crippen LogP contribution is 2.25. The number of anilines is 1. The van der Waals surface area contributed by atoms with Gasteiger partial charge in [0.05, 0.1) is 24.0 Å². The standard InChI is InChI=1S/C25H24N6/c1-17-6-4-8-21(12-17)26-15-25-29-22(16-31(25)24-9-5-7-18(2)28-24)19-10-11-23-20(13-19)14-27-30(23)3/h4-14,16,26H,15H2,1-3H3. The summed E-state index contributed by atoms with van der Waals surface area (Å²) in [7, 11) is 1.95. The lowest BCUT2D eigenvalue weighted by Crippen LogP contribution is -2.08. The maximum absolute atomic E-state index is 4.97. The van der Waals surface area contributed by atoms with E-state index < -0.39 is 0 Å². The van der Waals surface area contributed by atoms with Crippen molar-refractivity contribution in [3.8, 4) is 17.1 Å². The number of rotatable bonds is 5. The highest BCUT2D eigenvalue weighted by atomic mass is 15.2. The molecule has 2 aromatic carbocycles. The van der Waals surface area contributed by atoms with Crippen molar-refractivity contribution in [2.75, 3.05) is 5.32 Å². The summed E-state index contributed by atoms with van der Waals surface area (Å²) in [5, 5.41) is 8.95. The number of pyridine rings is 1. The number of imidazole rings is 1. The number of fused-ring (bicyclic) bond motifs is 1. The smallest absolute Gasteiger partial charge is 0.138 e. The Balaban J connectivity index is 1.55. The molecule has 0 fully saturated rings. The van der Waals surface area contributed by atoms with Gasteiger partial charge < -0.3 is 5.32 Å². The van der Waals surface area contributed by atoms with Gasteiger partial charge in [0.2, 0.25) is 0 Å². The Morgan fingerprint density at radius 3 is 2.65 bits per heavy atom. The topological polar surface area (TPSA) is 60.6 Å². The minimum atomic E-state index is 0.591. The Morgan fingerprint density at radius 1 is 0.935 bits per heavy atom. The molecule has 0 atom stereocenters. The van der Waals surface area contributed by atoms with Crippen LogP contribution >= 0.6 is 0 Å². The fourth-order valence-corrected chi connectivity index (χ4v) is 3.80. The maximum atomic E-state index is 4.97. The Kier molecular flexibility index (Phi) is 4.75. The van der Waals surface area contributed by atoms with Crippen molar-refractivity contribution in [2.24, 2.45) is 7.05 Å². The van der Waals surface area contributed by atoms with Gasteiger partial charge in [-0.15, -0.1) is 0 Å². The van der Waals surface area contributed by atoms with E-state index in [1.54, 1.807) is 0 Å². The van der Waals surface area contributed by atoms with E-state index in [1.165, 1.54) is 5.56 Å². The van der Waals surface area contributed by atoms with Crippen LogP contribution in [0.3, 0.4) is 0 Å². The zero-order chi connectivity index (χ0) is 21.4. The third kappa shape index (κ3) is 3.80. The minimum Gasteiger partial charge on any atom is -0.378 e. The predicted octanol–water partition coefficient (Wildman–Crippen LogP) is 5.05. The van der Waals surface area contributed by atoms with Gasteiger partial charge in [0.25, 0.3) is 0 Å². The van der Waals surface area contributed by atoms with Gasteiger partial charge in [-0.1, -0.05) is 24.3 Å². The second-order valence-corrected chi connectivity index (χ2v) is 7.81. The van der Waals surface area contributed by atoms with E-state index in [4.69, 9.17) is 9.97 Å². The van der Waals surface area contributed by atoms with Crippen LogP contribution in [0.25, 0.3) is 28.0 Å². The van der Waals surface area contributed by atoms with E-state index >= 15 is 0 Å². The lowest BCUT2D eigenvalue weighted by Gasteiger charge is -2.10. The summed E-state index contributed by atoms with van der Waals surface area (Å²) in [6.07, 6.45) is 3.95. The molecule has 0 radical (unpaired) electrons. The van der Waals surface area contributed by atoms with Crippen molar-refractivity contribution >= 4 is 16.6 Å². The van der Waals surface area contributed by atoms with Gasteiger partial charge in [-0.2, -0.15) is 5.10 Å². The van der Waals surface area contributed by atoms with Crippen molar-refractivity contribution in [2.45, 2.75) is 20.4 Å². The van der Waals surface area contributed by atoms with Crippen LogP contribution in [-0.2, 0) is 13.6 Å². The Morgan fingerprint density at radius 2 is 1.81 bits per heavy atom. The van der Waals surface area contributed by atoms with Crippen molar-refractivity contribution in [3.63, 3.8) is 0 Å². The number of benzene rings is 2. The van der Waals surface area contributed by atoms with Crippen LogP contribution in [0.15, 0.2) is 73.1 Å². The zero-order valence-electron chi connectivity index (χ0n) is 17.9. The van der Waals surface area contributed by atoms with Gasteiger partial charge >= 0.3 is 0 Å². The number of hydrogen-bond donors (Lipinski definition) is 1. The molecule has 6 heteroatoms. The molecule has 0 aliphatic heterocycles. The van der Waals surface area contributed by atoms with Gasteiger partial charge in [0, 0.05) is 35.6 Å². The van der Waals surface area contributed by atoms with E-state index in [9.17, 15) is 0 Å². The van der Waals surface area contributed by atoms with Crippen LogP contribution in [0, 0.1) is 13.8 Å². The molecule has 5 rings (SSSR count). The van der Waals surface area contributed by atoms with Crippen molar-refractivity contribution in [1.29, 1.82) is 0 Å². The molecule has 0 aliphatic carbocycles. The van der Waals surface area contributed by atoms with E-state index in [0.29, 0.717) is 6.54 Å². The molecule has 31 heavy (non-hydrogen) atoms. The molecule has 0 saturated carbocycles. The highest BCUT2D eigenvalue weighted by molar-refractivity contribution is 5.83. The molecule has 0 bridgehead atoms. The van der Waals surface area contributed by atoms with Crippen LogP contribution in [-0.4, -0.2) is 24.3 Å². The monoisotopic (exact) mass is 408 g/mol. The first-order chi connectivity index (χ1) is 15.1. The largest absolute Gasteiger partial charge is 0.378 e. The molecule has 0 spiro atoms. The second kappa shape index (κ2) is 7.72. The van der Waals surface area contributed by atoms with Crippen LogP contribution in [0.2, 0.25) is 0 Å². The molecule has 3 heterocycles. The molecule has 0 saturated heterocycles. The van der Waals surface area contributed by atoms with E-state index in [0.717, 1.165) is 45.2 Å². The van der Waals surface area contributed by atoms with E-state index in [-0.39, 0.29) is 0 Å². The van der Waals surface area contributed by atoms with Crippen molar-refractivity contribution in [1.82, 2.24) is 24.3 Å². The molecule has 5 aromatic rings. The fraction of sp³-hybridized carbons (Fsp3) is 0.160. The molecule has 3 aromatic heterocycles. The van der Waals surface area contributed by atoms with Gasteiger partial charge in [0.15, 0.2) is 0 Å². The lowest BCUT2D eigenvalue weighted by atomic mass is 10.1. The Labute approximate surface area is 181 Å². The summed E-state index contributed by atoms with van der Waals surface area (Å²) in [4.78, 5) is 9.69. The van der Waals surface area contributed by atoms with Crippen LogP contribution < -0.4 is 5.32 Å². The molecule has 154 valence electrons. The van der Waals surface area contributed by atoms with Crippen molar-refractivity contribution in [3.05, 3.63) is 90.1 Å². The first-order valence-electron chi connectivity index (χ1n) is 10.3. The third-order valence-electron chi connectivity index (χ3n) is 5.41. The fourth-order valence-electron chi connectivity index (χ4n) is 3.80. The number of aryl methyl sites for hydroxylation is 3. The Bertz CT molecular complexity index is 1380.